The average molecular weight is 364 g/mol. The number of halogens is 1. The lowest BCUT2D eigenvalue weighted by Crippen LogP contribution is -2.34. The van der Waals surface area contributed by atoms with Crippen LogP contribution in [0.25, 0.3) is 0 Å². The average Bonchev–Trinajstić information content (AvgIpc) is 2.54. The van der Waals surface area contributed by atoms with Crippen LogP contribution in [-0.4, -0.2) is 13.9 Å². The Hall–Kier alpha value is -1.79. The number of ether oxygens (including phenoxy) is 1. The number of aromatic nitrogens is 1. The fourth-order valence-corrected chi connectivity index (χ4v) is 2.92. The Morgan fingerprint density at radius 2 is 1.92 bits per heavy atom. The molecule has 0 fully saturated rings. The number of rotatable bonds is 6. The van der Waals surface area contributed by atoms with Crippen molar-refractivity contribution in [3.05, 3.63) is 59.0 Å². The molecule has 6 heteroatoms. The fourth-order valence-electron chi connectivity index (χ4n) is 2.11. The van der Waals surface area contributed by atoms with Gasteiger partial charge in [-0.25, -0.2) is 18.3 Å². The van der Waals surface area contributed by atoms with E-state index in [1.807, 2.05) is 40.7 Å². The second-order valence-electron chi connectivity index (χ2n) is 7.03. The van der Waals surface area contributed by atoms with Crippen LogP contribution in [0, 0.1) is 12.7 Å². The van der Waals surface area contributed by atoms with Crippen LogP contribution < -0.4 is 9.46 Å². The van der Waals surface area contributed by atoms with E-state index in [2.05, 4.69) is 9.71 Å². The van der Waals surface area contributed by atoms with E-state index in [9.17, 15) is 8.60 Å². The molecule has 0 bridgehead atoms. The number of aryl methyl sites for hydroxylation is 1. The molecule has 1 heterocycles. The maximum atomic E-state index is 12.9. The molecular formula is C19H25FN2O2S. The van der Waals surface area contributed by atoms with Crippen LogP contribution in [0.1, 0.15) is 50.4 Å². The molecule has 0 aliphatic heterocycles. The van der Waals surface area contributed by atoms with Crippen molar-refractivity contribution in [1.82, 2.24) is 9.71 Å². The molecule has 4 nitrogen and oxygen atoms in total. The molecule has 0 amide bonds. The van der Waals surface area contributed by atoms with Crippen LogP contribution >= 0.6 is 0 Å². The van der Waals surface area contributed by atoms with Gasteiger partial charge in [0.05, 0.1) is 15.7 Å². The van der Waals surface area contributed by atoms with Gasteiger partial charge in [0.2, 0.25) is 5.88 Å². The van der Waals surface area contributed by atoms with Crippen molar-refractivity contribution >= 4 is 11.0 Å². The minimum absolute atomic E-state index is 0.0857. The van der Waals surface area contributed by atoms with E-state index < -0.39 is 11.0 Å². The lowest BCUT2D eigenvalue weighted by molar-refractivity contribution is 0.291. The summed E-state index contributed by atoms with van der Waals surface area (Å²) in [6, 6.07) is 8.08. The zero-order valence-electron chi connectivity index (χ0n) is 15.3. The van der Waals surface area contributed by atoms with Gasteiger partial charge in [-0.15, -0.1) is 0 Å². The number of benzene rings is 1. The van der Waals surface area contributed by atoms with E-state index >= 15 is 0 Å². The Bertz CT molecular complexity index is 742. The summed E-state index contributed by atoms with van der Waals surface area (Å²) >= 11 is 0. The molecule has 2 unspecified atom stereocenters. The quantitative estimate of drug-likeness (QED) is 0.835. The van der Waals surface area contributed by atoms with Crippen LogP contribution in [0.5, 0.6) is 5.88 Å². The standard InChI is InChI=1S/C19H25FN2O2S/c1-13-10-16(14(2)22-25(23)19(3,4)5)11-21-18(13)24-12-15-6-8-17(20)9-7-15/h6-11,14,22H,12H2,1-5H3. The van der Waals surface area contributed by atoms with Crippen LogP contribution in [0.15, 0.2) is 36.5 Å². The molecule has 0 saturated heterocycles. The molecule has 1 aromatic heterocycles. The van der Waals surface area contributed by atoms with E-state index in [-0.39, 0.29) is 16.6 Å². The Balaban J connectivity index is 2.02. The highest BCUT2D eigenvalue weighted by Gasteiger charge is 2.22. The summed E-state index contributed by atoms with van der Waals surface area (Å²) in [6.45, 7) is 9.99. The van der Waals surface area contributed by atoms with Gasteiger partial charge in [0.1, 0.15) is 12.4 Å². The summed E-state index contributed by atoms with van der Waals surface area (Å²) in [4.78, 5) is 4.37. The van der Waals surface area contributed by atoms with Crippen molar-refractivity contribution in [2.45, 2.75) is 52.0 Å². The molecule has 136 valence electrons. The first kappa shape index (κ1) is 19.5. The maximum absolute atomic E-state index is 12.9. The highest BCUT2D eigenvalue weighted by molar-refractivity contribution is 7.84. The van der Waals surface area contributed by atoms with E-state index in [4.69, 9.17) is 4.74 Å². The predicted octanol–water partition coefficient (Wildman–Crippen LogP) is 4.22. The number of nitrogens with one attached hydrogen (secondary N) is 1. The predicted molar refractivity (Wildman–Crippen MR) is 99.2 cm³/mol. The molecule has 0 radical (unpaired) electrons. The van der Waals surface area contributed by atoms with Crippen molar-refractivity contribution in [2.75, 3.05) is 0 Å². The van der Waals surface area contributed by atoms with E-state index in [1.165, 1.54) is 12.1 Å². The number of hydrogen-bond donors (Lipinski definition) is 1. The number of pyridine rings is 1. The lowest BCUT2D eigenvalue weighted by Gasteiger charge is -2.22. The Labute approximate surface area is 151 Å². The molecule has 0 saturated carbocycles. The monoisotopic (exact) mass is 364 g/mol. The van der Waals surface area contributed by atoms with Crippen LogP contribution in [0.4, 0.5) is 4.39 Å². The zero-order valence-corrected chi connectivity index (χ0v) is 16.1. The van der Waals surface area contributed by atoms with Gasteiger partial charge in [0.15, 0.2) is 0 Å². The topological polar surface area (TPSA) is 51.2 Å². The largest absolute Gasteiger partial charge is 0.473 e. The molecule has 2 atom stereocenters. The smallest absolute Gasteiger partial charge is 0.216 e. The summed E-state index contributed by atoms with van der Waals surface area (Å²) in [5.41, 5.74) is 2.72. The van der Waals surface area contributed by atoms with Gasteiger partial charge in [0, 0.05) is 17.8 Å². The summed E-state index contributed by atoms with van der Waals surface area (Å²) < 4.78 is 33.6. The Kier molecular flexibility index (Phi) is 6.30. The van der Waals surface area contributed by atoms with Gasteiger partial charge in [-0.3, -0.25) is 0 Å². The molecule has 1 aromatic carbocycles. The zero-order chi connectivity index (χ0) is 18.6. The summed E-state index contributed by atoms with van der Waals surface area (Å²) in [5, 5.41) is 0. The molecule has 2 rings (SSSR count). The third kappa shape index (κ3) is 5.61. The normalized spacial score (nSPS) is 14.2. The molecular weight excluding hydrogens is 339 g/mol. The first-order chi connectivity index (χ1) is 11.7. The van der Waals surface area contributed by atoms with Gasteiger partial charge in [-0.1, -0.05) is 12.1 Å². The molecule has 0 aliphatic rings. The number of hydrogen-bond acceptors (Lipinski definition) is 3. The summed E-state index contributed by atoms with van der Waals surface area (Å²) in [5.74, 6) is 0.272. The van der Waals surface area contributed by atoms with E-state index in [0.29, 0.717) is 12.5 Å². The highest BCUT2D eigenvalue weighted by atomic mass is 32.2. The molecule has 25 heavy (non-hydrogen) atoms. The first-order valence-corrected chi connectivity index (χ1v) is 9.33. The minimum Gasteiger partial charge on any atom is -0.473 e. The Morgan fingerprint density at radius 3 is 2.48 bits per heavy atom. The second kappa shape index (κ2) is 8.06. The minimum atomic E-state index is -1.15. The van der Waals surface area contributed by atoms with Gasteiger partial charge < -0.3 is 4.74 Å². The molecule has 1 N–H and O–H groups in total. The molecule has 0 aliphatic carbocycles. The number of nitrogens with zero attached hydrogens (tertiary/aromatic N) is 1. The summed E-state index contributed by atoms with van der Waals surface area (Å²) in [7, 11) is -1.15. The first-order valence-electron chi connectivity index (χ1n) is 8.18. The van der Waals surface area contributed by atoms with Gasteiger partial charge >= 0.3 is 0 Å². The van der Waals surface area contributed by atoms with Crippen molar-refractivity contribution in [1.29, 1.82) is 0 Å². The molecule has 2 aromatic rings. The van der Waals surface area contributed by atoms with Crippen molar-refractivity contribution in [3.8, 4) is 5.88 Å². The van der Waals surface area contributed by atoms with Crippen molar-refractivity contribution < 1.29 is 13.3 Å². The van der Waals surface area contributed by atoms with Crippen LogP contribution in [0.2, 0.25) is 0 Å². The van der Waals surface area contributed by atoms with Crippen molar-refractivity contribution in [2.24, 2.45) is 0 Å². The third-order valence-electron chi connectivity index (χ3n) is 3.68. The lowest BCUT2D eigenvalue weighted by atomic mass is 10.1. The molecule has 0 spiro atoms. The van der Waals surface area contributed by atoms with Gasteiger partial charge in [0.25, 0.3) is 0 Å². The van der Waals surface area contributed by atoms with Crippen molar-refractivity contribution in [3.63, 3.8) is 0 Å². The van der Waals surface area contributed by atoms with Crippen LogP contribution in [-0.2, 0) is 17.6 Å². The maximum Gasteiger partial charge on any atom is 0.216 e. The van der Waals surface area contributed by atoms with E-state index in [0.717, 1.165) is 16.7 Å². The van der Waals surface area contributed by atoms with Crippen LogP contribution in [0.3, 0.4) is 0 Å². The van der Waals surface area contributed by atoms with E-state index in [1.54, 1.807) is 18.3 Å². The fraction of sp³-hybridized carbons (Fsp3) is 0.421. The van der Waals surface area contributed by atoms with Gasteiger partial charge in [-0.2, -0.15) is 0 Å². The van der Waals surface area contributed by atoms with Gasteiger partial charge in [-0.05, 0) is 63.9 Å². The third-order valence-corrected chi connectivity index (χ3v) is 5.36. The SMILES string of the molecule is Cc1cc(C(C)NS(=O)C(C)(C)C)cnc1OCc1ccc(F)cc1. The summed E-state index contributed by atoms with van der Waals surface area (Å²) in [6.07, 6.45) is 1.73. The second-order valence-corrected chi connectivity index (χ2v) is 9.02. The highest BCUT2D eigenvalue weighted by Crippen LogP contribution is 2.22. The Morgan fingerprint density at radius 1 is 1.28 bits per heavy atom.